The van der Waals surface area contributed by atoms with Gasteiger partial charge in [0.2, 0.25) is 10.0 Å². The normalized spacial score (nSPS) is 11.4. The highest BCUT2D eigenvalue weighted by Crippen LogP contribution is 2.22. The highest BCUT2D eigenvalue weighted by atomic mass is 35.5. The Hall–Kier alpha value is -1.70. The summed E-state index contributed by atoms with van der Waals surface area (Å²) in [7, 11) is -3.65. The number of hydrogen-bond donors (Lipinski definition) is 2. The summed E-state index contributed by atoms with van der Waals surface area (Å²) in [6.07, 6.45) is 2.89. The van der Waals surface area contributed by atoms with E-state index >= 15 is 0 Å². The molecule has 0 aliphatic heterocycles. The summed E-state index contributed by atoms with van der Waals surface area (Å²) >= 11 is 5.75. The van der Waals surface area contributed by atoms with E-state index in [0.29, 0.717) is 10.7 Å². The Morgan fingerprint density at radius 2 is 2.11 bits per heavy atom. The summed E-state index contributed by atoms with van der Waals surface area (Å²) in [6, 6.07) is 5.76. The molecule has 0 aliphatic rings. The fraction of sp³-hybridized carbons (Fsp3) is 0.0909. The van der Waals surface area contributed by atoms with Gasteiger partial charge in [0.15, 0.2) is 0 Å². The first kappa shape index (κ1) is 13.7. The van der Waals surface area contributed by atoms with E-state index in [0.717, 1.165) is 0 Å². The maximum Gasteiger partial charge on any atom is 0.240 e. The molecule has 0 atom stereocenters. The molecular formula is C11H11ClN4O2S. The first-order chi connectivity index (χ1) is 8.99. The van der Waals surface area contributed by atoms with Gasteiger partial charge in [-0.2, -0.15) is 0 Å². The van der Waals surface area contributed by atoms with Crippen LogP contribution in [0.1, 0.15) is 5.69 Å². The zero-order valence-electron chi connectivity index (χ0n) is 9.75. The van der Waals surface area contributed by atoms with Crippen LogP contribution >= 0.6 is 11.6 Å². The van der Waals surface area contributed by atoms with E-state index in [-0.39, 0.29) is 17.1 Å². The van der Waals surface area contributed by atoms with Crippen LogP contribution < -0.4 is 10.5 Å². The van der Waals surface area contributed by atoms with Crippen LogP contribution in [0.4, 0.5) is 5.69 Å². The summed E-state index contributed by atoms with van der Waals surface area (Å²) < 4.78 is 26.5. The number of benzene rings is 1. The molecule has 3 N–H and O–H groups in total. The van der Waals surface area contributed by atoms with Gasteiger partial charge in [-0.15, -0.1) is 0 Å². The molecule has 0 unspecified atom stereocenters. The van der Waals surface area contributed by atoms with Crippen LogP contribution in [0, 0.1) is 0 Å². The van der Waals surface area contributed by atoms with Gasteiger partial charge in [-0.3, -0.25) is 0 Å². The summed E-state index contributed by atoms with van der Waals surface area (Å²) in [5.74, 6) is 0. The van der Waals surface area contributed by atoms with Crippen molar-refractivity contribution in [1.29, 1.82) is 0 Å². The van der Waals surface area contributed by atoms with E-state index in [2.05, 4.69) is 14.7 Å². The topological polar surface area (TPSA) is 98.0 Å². The van der Waals surface area contributed by atoms with E-state index in [9.17, 15) is 8.42 Å². The minimum Gasteiger partial charge on any atom is -0.397 e. The van der Waals surface area contributed by atoms with Crippen molar-refractivity contribution in [3.63, 3.8) is 0 Å². The van der Waals surface area contributed by atoms with Gasteiger partial charge in [-0.25, -0.2) is 23.1 Å². The van der Waals surface area contributed by atoms with Crippen molar-refractivity contribution < 1.29 is 8.42 Å². The van der Waals surface area contributed by atoms with Gasteiger partial charge in [0.1, 0.15) is 6.33 Å². The van der Waals surface area contributed by atoms with Crippen LogP contribution in [-0.2, 0) is 16.6 Å². The second-order valence-electron chi connectivity index (χ2n) is 3.71. The second kappa shape index (κ2) is 5.52. The predicted octanol–water partition coefficient (Wildman–Crippen LogP) is 1.19. The zero-order chi connectivity index (χ0) is 13.9. The Kier molecular flexibility index (Phi) is 3.98. The van der Waals surface area contributed by atoms with Crippen LogP contribution in [0.25, 0.3) is 0 Å². The summed E-state index contributed by atoms with van der Waals surface area (Å²) in [5.41, 5.74) is 6.36. The molecule has 100 valence electrons. The number of nitrogens with two attached hydrogens (primary N) is 1. The molecule has 0 amide bonds. The zero-order valence-corrected chi connectivity index (χ0v) is 11.3. The number of aromatic nitrogens is 2. The fourth-order valence-corrected chi connectivity index (χ4v) is 2.52. The molecule has 19 heavy (non-hydrogen) atoms. The van der Waals surface area contributed by atoms with Gasteiger partial charge < -0.3 is 5.73 Å². The number of sulfonamides is 1. The molecular weight excluding hydrogens is 288 g/mol. The largest absolute Gasteiger partial charge is 0.397 e. The van der Waals surface area contributed by atoms with Crippen molar-refractivity contribution in [3.8, 4) is 0 Å². The van der Waals surface area contributed by atoms with Crippen molar-refractivity contribution in [3.05, 3.63) is 47.5 Å². The molecule has 0 saturated heterocycles. The molecule has 0 saturated carbocycles. The second-order valence-corrected chi connectivity index (χ2v) is 5.88. The molecule has 2 rings (SSSR count). The predicted molar refractivity (Wildman–Crippen MR) is 71.9 cm³/mol. The molecule has 2 aromatic rings. The van der Waals surface area contributed by atoms with E-state index < -0.39 is 10.0 Å². The third-order valence-corrected chi connectivity index (χ3v) is 4.11. The van der Waals surface area contributed by atoms with Gasteiger partial charge in [-0.05, 0) is 24.3 Å². The van der Waals surface area contributed by atoms with Crippen molar-refractivity contribution >= 4 is 27.3 Å². The third-order valence-electron chi connectivity index (χ3n) is 2.36. The van der Waals surface area contributed by atoms with E-state index in [1.165, 1.54) is 30.7 Å². The Bertz CT molecular complexity index is 676. The minimum absolute atomic E-state index is 0.0588. The number of nitrogens with one attached hydrogen (secondary N) is 1. The number of rotatable bonds is 4. The van der Waals surface area contributed by atoms with Crippen LogP contribution in [0.15, 0.2) is 41.7 Å². The van der Waals surface area contributed by atoms with Crippen LogP contribution in [0.5, 0.6) is 0 Å². The highest BCUT2D eigenvalue weighted by molar-refractivity contribution is 7.89. The van der Waals surface area contributed by atoms with E-state index in [1.54, 1.807) is 6.07 Å². The molecule has 0 aliphatic carbocycles. The average molecular weight is 299 g/mol. The Balaban J connectivity index is 2.16. The molecule has 8 heteroatoms. The first-order valence-corrected chi connectivity index (χ1v) is 7.15. The summed E-state index contributed by atoms with van der Waals surface area (Å²) in [4.78, 5) is 7.73. The van der Waals surface area contributed by atoms with Crippen molar-refractivity contribution in [2.75, 3.05) is 5.73 Å². The van der Waals surface area contributed by atoms with Gasteiger partial charge >= 0.3 is 0 Å². The summed E-state index contributed by atoms with van der Waals surface area (Å²) in [5, 5.41) is 0.315. The Labute approximate surface area is 115 Å². The standard InChI is InChI=1S/C11H11ClN4O2S/c12-10-2-1-9(5-11(10)13)19(17,18)16-6-8-3-4-14-7-15-8/h1-5,7,16H,6,13H2. The molecule has 0 radical (unpaired) electrons. The van der Waals surface area contributed by atoms with E-state index in [1.807, 2.05) is 0 Å². The molecule has 0 spiro atoms. The average Bonchev–Trinajstić information content (AvgIpc) is 2.41. The maximum absolute atomic E-state index is 12.0. The smallest absolute Gasteiger partial charge is 0.240 e. The van der Waals surface area contributed by atoms with Crippen molar-refractivity contribution in [2.45, 2.75) is 11.4 Å². The number of nitrogens with zero attached hydrogens (tertiary/aromatic N) is 2. The molecule has 1 aromatic carbocycles. The number of halogens is 1. The lowest BCUT2D eigenvalue weighted by molar-refractivity contribution is 0.580. The Morgan fingerprint density at radius 3 is 2.74 bits per heavy atom. The van der Waals surface area contributed by atoms with Crippen LogP contribution in [0.2, 0.25) is 5.02 Å². The molecule has 6 nitrogen and oxygen atoms in total. The fourth-order valence-electron chi connectivity index (χ4n) is 1.36. The monoisotopic (exact) mass is 298 g/mol. The highest BCUT2D eigenvalue weighted by Gasteiger charge is 2.15. The van der Waals surface area contributed by atoms with Gasteiger partial charge in [-0.1, -0.05) is 11.6 Å². The van der Waals surface area contributed by atoms with Gasteiger partial charge in [0, 0.05) is 6.20 Å². The minimum atomic E-state index is -3.65. The third kappa shape index (κ3) is 3.40. The van der Waals surface area contributed by atoms with Gasteiger partial charge in [0.25, 0.3) is 0 Å². The van der Waals surface area contributed by atoms with Gasteiger partial charge in [0.05, 0.1) is 27.8 Å². The molecule has 1 aromatic heterocycles. The number of hydrogen-bond acceptors (Lipinski definition) is 5. The lowest BCUT2D eigenvalue weighted by atomic mass is 10.3. The maximum atomic E-state index is 12.0. The molecule has 0 bridgehead atoms. The number of nitrogen functional groups attached to an aromatic ring is 1. The van der Waals surface area contributed by atoms with Crippen molar-refractivity contribution in [2.24, 2.45) is 0 Å². The van der Waals surface area contributed by atoms with Crippen LogP contribution in [-0.4, -0.2) is 18.4 Å². The summed E-state index contributed by atoms with van der Waals surface area (Å²) in [6.45, 7) is 0.0768. The first-order valence-electron chi connectivity index (χ1n) is 5.28. The Morgan fingerprint density at radius 1 is 1.32 bits per heavy atom. The lowest BCUT2D eigenvalue weighted by Gasteiger charge is -2.07. The molecule has 1 heterocycles. The molecule has 0 fully saturated rings. The number of anilines is 1. The van der Waals surface area contributed by atoms with E-state index in [4.69, 9.17) is 17.3 Å². The SMILES string of the molecule is Nc1cc(S(=O)(=O)NCc2ccncn2)ccc1Cl. The lowest BCUT2D eigenvalue weighted by Crippen LogP contribution is -2.23. The van der Waals surface area contributed by atoms with Crippen molar-refractivity contribution in [1.82, 2.24) is 14.7 Å². The quantitative estimate of drug-likeness (QED) is 0.826. The van der Waals surface area contributed by atoms with Crippen LogP contribution in [0.3, 0.4) is 0 Å².